The highest BCUT2D eigenvalue weighted by molar-refractivity contribution is 5.97. The van der Waals surface area contributed by atoms with Gasteiger partial charge in [0.15, 0.2) is 5.60 Å². The second-order valence-electron chi connectivity index (χ2n) is 9.27. The van der Waals surface area contributed by atoms with E-state index in [0.717, 1.165) is 59.8 Å². The fourth-order valence-electron chi connectivity index (χ4n) is 5.38. The summed E-state index contributed by atoms with van der Waals surface area (Å²) in [5.74, 6) is 1.22. The van der Waals surface area contributed by atoms with Gasteiger partial charge in [0, 0.05) is 29.9 Å². The summed E-state index contributed by atoms with van der Waals surface area (Å²) in [5.41, 5.74) is 3.44. The van der Waals surface area contributed by atoms with Gasteiger partial charge in [-0.25, -0.2) is 4.79 Å². The van der Waals surface area contributed by atoms with Crippen LogP contribution in [0, 0.1) is 0 Å². The Morgan fingerprint density at radius 1 is 0.735 bits per heavy atom. The largest absolute Gasteiger partial charge is 0.456 e. The molecule has 2 heterocycles. The number of para-hydroxylation sites is 1. The number of fused-ring (bicyclic) bond motifs is 6. The molecule has 0 saturated carbocycles. The monoisotopic (exact) mass is 455 g/mol. The molecule has 1 unspecified atom stereocenters. The second-order valence-corrected chi connectivity index (χ2v) is 9.27. The van der Waals surface area contributed by atoms with Gasteiger partial charge in [-0.2, -0.15) is 0 Å². The van der Waals surface area contributed by atoms with E-state index in [9.17, 15) is 4.79 Å². The van der Waals surface area contributed by atoms with E-state index in [4.69, 9.17) is 9.47 Å². The van der Waals surface area contributed by atoms with Crippen LogP contribution in [0.15, 0.2) is 66.7 Å². The summed E-state index contributed by atoms with van der Waals surface area (Å²) in [4.78, 5) is 15.7. The molecule has 3 aromatic rings. The predicted molar refractivity (Wildman–Crippen MR) is 136 cm³/mol. The topological polar surface area (TPSA) is 38.8 Å². The lowest BCUT2D eigenvalue weighted by Crippen LogP contribution is -2.36. The van der Waals surface area contributed by atoms with Gasteiger partial charge in [0.25, 0.3) is 0 Å². The Bertz CT molecular complexity index is 1180. The molecule has 0 aliphatic carbocycles. The summed E-state index contributed by atoms with van der Waals surface area (Å²) in [5, 5.41) is 0. The predicted octanol–water partition coefficient (Wildman–Crippen LogP) is 7.44. The summed E-state index contributed by atoms with van der Waals surface area (Å²) in [6.07, 6.45) is 7.02. The van der Waals surface area contributed by atoms with E-state index in [0.29, 0.717) is 5.56 Å². The lowest BCUT2D eigenvalue weighted by Gasteiger charge is -2.40. The SMILES string of the molecule is CCCCCN(CCCCC)c1cccc2c1C1(OC(=O)c3ccccc31)c1ccccc1O2. The molecule has 1 atom stereocenters. The zero-order valence-electron chi connectivity index (χ0n) is 20.2. The number of esters is 1. The minimum absolute atomic E-state index is 0.281. The van der Waals surface area contributed by atoms with Gasteiger partial charge in [-0.15, -0.1) is 0 Å². The first kappa shape index (κ1) is 22.5. The van der Waals surface area contributed by atoms with Crippen LogP contribution in [-0.2, 0) is 10.3 Å². The molecular formula is C30H33NO3. The van der Waals surface area contributed by atoms with Crippen molar-refractivity contribution in [2.75, 3.05) is 18.0 Å². The van der Waals surface area contributed by atoms with E-state index in [2.05, 4.69) is 30.9 Å². The van der Waals surface area contributed by atoms with E-state index >= 15 is 0 Å². The highest BCUT2D eigenvalue weighted by Gasteiger charge is 2.54. The van der Waals surface area contributed by atoms with Crippen LogP contribution < -0.4 is 9.64 Å². The Balaban J connectivity index is 1.71. The van der Waals surface area contributed by atoms with Crippen LogP contribution in [0.1, 0.15) is 79.4 Å². The first-order valence-electron chi connectivity index (χ1n) is 12.7. The summed E-state index contributed by atoms with van der Waals surface area (Å²) in [6.45, 7) is 6.42. The van der Waals surface area contributed by atoms with Crippen molar-refractivity contribution in [1.82, 2.24) is 0 Å². The molecule has 0 saturated heterocycles. The Morgan fingerprint density at radius 3 is 2.12 bits per heavy atom. The number of hydrogen-bond donors (Lipinski definition) is 0. The zero-order valence-corrected chi connectivity index (χ0v) is 20.2. The van der Waals surface area contributed by atoms with Crippen LogP contribution in [0.2, 0.25) is 0 Å². The van der Waals surface area contributed by atoms with Gasteiger partial charge in [-0.05, 0) is 37.1 Å². The van der Waals surface area contributed by atoms with Gasteiger partial charge in [-0.3, -0.25) is 0 Å². The molecule has 176 valence electrons. The van der Waals surface area contributed by atoms with Gasteiger partial charge in [0.05, 0.1) is 11.1 Å². The summed E-state index contributed by atoms with van der Waals surface area (Å²) in [7, 11) is 0. The van der Waals surface area contributed by atoms with Crippen LogP contribution in [0.4, 0.5) is 5.69 Å². The van der Waals surface area contributed by atoms with Crippen LogP contribution in [0.25, 0.3) is 0 Å². The molecule has 0 fully saturated rings. The maximum Gasteiger partial charge on any atom is 0.340 e. The number of unbranched alkanes of at least 4 members (excludes halogenated alkanes) is 4. The lowest BCUT2D eigenvalue weighted by atomic mass is 9.76. The summed E-state index contributed by atoms with van der Waals surface area (Å²) < 4.78 is 12.8. The number of anilines is 1. The van der Waals surface area contributed by atoms with Crippen molar-refractivity contribution in [2.45, 2.75) is 58.0 Å². The minimum Gasteiger partial charge on any atom is -0.456 e. The van der Waals surface area contributed by atoms with Crippen LogP contribution in [0.3, 0.4) is 0 Å². The van der Waals surface area contributed by atoms with Gasteiger partial charge in [0.2, 0.25) is 0 Å². The molecule has 0 radical (unpaired) electrons. The zero-order chi connectivity index (χ0) is 23.5. The minimum atomic E-state index is -1.01. The smallest absolute Gasteiger partial charge is 0.340 e. The molecule has 5 rings (SSSR count). The highest BCUT2D eigenvalue weighted by Crippen LogP contribution is 2.58. The van der Waals surface area contributed by atoms with Crippen LogP contribution in [-0.4, -0.2) is 19.1 Å². The van der Waals surface area contributed by atoms with Crippen molar-refractivity contribution < 1.29 is 14.3 Å². The number of benzene rings is 3. The fourth-order valence-corrected chi connectivity index (χ4v) is 5.38. The third-order valence-corrected chi connectivity index (χ3v) is 7.02. The average Bonchev–Trinajstić information content (AvgIpc) is 3.16. The van der Waals surface area contributed by atoms with Gasteiger partial charge in [-0.1, -0.05) is 82.0 Å². The molecule has 0 amide bonds. The Labute approximate surface area is 202 Å². The maximum atomic E-state index is 13.2. The van der Waals surface area contributed by atoms with E-state index in [1.165, 1.54) is 25.7 Å². The number of carbonyl (C=O) groups excluding carboxylic acids is 1. The van der Waals surface area contributed by atoms with Gasteiger partial charge < -0.3 is 14.4 Å². The van der Waals surface area contributed by atoms with E-state index in [1.54, 1.807) is 0 Å². The Morgan fingerprint density at radius 2 is 1.38 bits per heavy atom. The number of hydrogen-bond acceptors (Lipinski definition) is 4. The average molecular weight is 456 g/mol. The molecule has 2 aliphatic heterocycles. The number of nitrogens with zero attached hydrogens (tertiary/aromatic N) is 1. The molecule has 1 spiro atoms. The molecule has 4 heteroatoms. The number of rotatable bonds is 9. The quantitative estimate of drug-likeness (QED) is 0.248. The molecule has 2 aliphatic rings. The lowest BCUT2D eigenvalue weighted by molar-refractivity contribution is 0.0226. The van der Waals surface area contributed by atoms with Crippen molar-refractivity contribution in [3.63, 3.8) is 0 Å². The summed E-state index contributed by atoms with van der Waals surface area (Å²) in [6, 6.07) is 22.0. The third kappa shape index (κ3) is 3.66. The van der Waals surface area contributed by atoms with Crippen molar-refractivity contribution in [1.29, 1.82) is 0 Å². The molecule has 0 aromatic heterocycles. The normalized spacial score (nSPS) is 17.5. The van der Waals surface area contributed by atoms with Crippen molar-refractivity contribution in [3.8, 4) is 11.5 Å². The van der Waals surface area contributed by atoms with E-state index in [-0.39, 0.29) is 5.97 Å². The second kappa shape index (κ2) is 9.54. The molecule has 3 aromatic carbocycles. The molecule has 0 bridgehead atoms. The molecule has 34 heavy (non-hydrogen) atoms. The maximum absolute atomic E-state index is 13.2. The Hall–Kier alpha value is -3.27. The summed E-state index contributed by atoms with van der Waals surface area (Å²) >= 11 is 0. The van der Waals surface area contributed by atoms with Gasteiger partial charge >= 0.3 is 5.97 Å². The van der Waals surface area contributed by atoms with Crippen molar-refractivity contribution in [3.05, 3.63) is 89.0 Å². The van der Waals surface area contributed by atoms with E-state index < -0.39 is 5.60 Å². The standard InChI is InChI=1S/C30H33NO3/c1-3-5-11-20-31(21-12-6-4-2)25-17-13-19-27-28(25)30(24-16-9-10-18-26(24)33-27)23-15-8-7-14-22(23)29(32)34-30/h7-10,13-19H,3-6,11-12,20-21H2,1-2H3. The third-order valence-electron chi connectivity index (χ3n) is 7.02. The number of ether oxygens (including phenoxy) is 2. The van der Waals surface area contributed by atoms with Crippen molar-refractivity contribution in [2.24, 2.45) is 0 Å². The molecular weight excluding hydrogens is 422 g/mol. The number of carbonyl (C=O) groups is 1. The first-order valence-corrected chi connectivity index (χ1v) is 12.7. The molecule has 4 nitrogen and oxygen atoms in total. The molecule has 0 N–H and O–H groups in total. The fraction of sp³-hybridized carbons (Fsp3) is 0.367. The van der Waals surface area contributed by atoms with Crippen molar-refractivity contribution >= 4 is 11.7 Å². The van der Waals surface area contributed by atoms with Gasteiger partial charge in [0.1, 0.15) is 11.5 Å². The van der Waals surface area contributed by atoms with Crippen LogP contribution >= 0.6 is 0 Å². The first-order chi connectivity index (χ1) is 16.7. The van der Waals surface area contributed by atoms with E-state index in [1.807, 2.05) is 54.6 Å². The van der Waals surface area contributed by atoms with Crippen LogP contribution in [0.5, 0.6) is 11.5 Å². The highest BCUT2D eigenvalue weighted by atomic mass is 16.6. The Kier molecular flexibility index (Phi) is 6.32.